The van der Waals surface area contributed by atoms with Gasteiger partial charge in [-0.15, -0.1) is 0 Å². The molecule has 2 fully saturated rings. The molecule has 1 saturated carbocycles. The molecule has 0 amide bonds. The Hall–Kier alpha value is -0.250. The van der Waals surface area contributed by atoms with E-state index in [1.165, 1.54) is 12.8 Å². The summed E-state index contributed by atoms with van der Waals surface area (Å²) in [7, 11) is 0. The molecule has 0 spiro atoms. The van der Waals surface area contributed by atoms with Crippen LogP contribution in [0.3, 0.4) is 0 Å². The van der Waals surface area contributed by atoms with Crippen molar-refractivity contribution in [3.8, 4) is 0 Å². The van der Waals surface area contributed by atoms with Crippen LogP contribution < -0.4 is 10.2 Å². The van der Waals surface area contributed by atoms with E-state index in [9.17, 15) is 0 Å². The van der Waals surface area contributed by atoms with E-state index in [2.05, 4.69) is 39.1 Å². The van der Waals surface area contributed by atoms with E-state index in [-0.39, 0.29) is 0 Å². The quantitative estimate of drug-likeness (QED) is 0.890. The molecule has 0 radical (unpaired) electrons. The van der Waals surface area contributed by atoms with Crippen molar-refractivity contribution in [3.63, 3.8) is 0 Å². The number of halogens is 2. The first-order valence-electron chi connectivity index (χ1n) is 6.60. The highest BCUT2D eigenvalue weighted by atomic mass is 79.9. The molecule has 0 aromatic heterocycles. The van der Waals surface area contributed by atoms with Gasteiger partial charge in [0.25, 0.3) is 0 Å². The second-order valence-corrected chi connectivity index (χ2v) is 6.77. The van der Waals surface area contributed by atoms with Crippen LogP contribution in [0.5, 0.6) is 0 Å². The Kier molecular flexibility index (Phi) is 3.57. The third-order valence-corrected chi connectivity index (χ3v) is 4.82. The lowest BCUT2D eigenvalue weighted by atomic mass is 10.1. The van der Waals surface area contributed by atoms with Gasteiger partial charge in [0.2, 0.25) is 0 Å². The van der Waals surface area contributed by atoms with Crippen LogP contribution in [0.1, 0.15) is 19.8 Å². The van der Waals surface area contributed by atoms with Gasteiger partial charge < -0.3 is 10.2 Å². The Morgan fingerprint density at radius 2 is 2.17 bits per heavy atom. The van der Waals surface area contributed by atoms with Gasteiger partial charge in [-0.25, -0.2) is 0 Å². The van der Waals surface area contributed by atoms with Gasteiger partial charge in [0.05, 0.1) is 10.7 Å². The van der Waals surface area contributed by atoms with Crippen LogP contribution in [-0.2, 0) is 0 Å². The Balaban J connectivity index is 1.85. The maximum absolute atomic E-state index is 6.35. The zero-order chi connectivity index (χ0) is 12.7. The second-order valence-electron chi connectivity index (χ2n) is 5.45. The minimum Gasteiger partial charge on any atom is -0.365 e. The number of benzene rings is 1. The summed E-state index contributed by atoms with van der Waals surface area (Å²) in [5.41, 5.74) is 1.16. The van der Waals surface area contributed by atoms with E-state index >= 15 is 0 Å². The van der Waals surface area contributed by atoms with E-state index in [0.29, 0.717) is 12.1 Å². The number of nitrogens with one attached hydrogen (secondary N) is 1. The molecule has 4 heteroatoms. The summed E-state index contributed by atoms with van der Waals surface area (Å²) in [6.07, 6.45) is 2.76. The summed E-state index contributed by atoms with van der Waals surface area (Å²) in [6, 6.07) is 7.23. The van der Waals surface area contributed by atoms with Gasteiger partial charge in [-0.1, -0.05) is 27.5 Å². The average molecular weight is 330 g/mol. The molecule has 98 valence electrons. The number of nitrogens with zero attached hydrogens (tertiary/aromatic N) is 1. The highest BCUT2D eigenvalue weighted by Crippen LogP contribution is 2.37. The molecular weight excluding hydrogens is 312 g/mol. The van der Waals surface area contributed by atoms with E-state index in [1.807, 2.05) is 12.1 Å². The van der Waals surface area contributed by atoms with Crippen molar-refractivity contribution < 1.29 is 0 Å². The van der Waals surface area contributed by atoms with Crippen molar-refractivity contribution >= 4 is 33.2 Å². The maximum atomic E-state index is 6.35. The first-order valence-corrected chi connectivity index (χ1v) is 7.77. The normalized spacial score (nSPS) is 28.5. The molecule has 0 bridgehead atoms. The molecular formula is C14H18BrClN2. The Morgan fingerprint density at radius 3 is 2.89 bits per heavy atom. The summed E-state index contributed by atoms with van der Waals surface area (Å²) >= 11 is 9.89. The van der Waals surface area contributed by atoms with Gasteiger partial charge >= 0.3 is 0 Å². The van der Waals surface area contributed by atoms with Crippen molar-refractivity contribution in [2.75, 3.05) is 18.0 Å². The highest BCUT2D eigenvalue weighted by Gasteiger charge is 2.36. The van der Waals surface area contributed by atoms with Gasteiger partial charge in [-0.3, -0.25) is 0 Å². The lowest BCUT2D eigenvalue weighted by Gasteiger charge is -2.41. The van der Waals surface area contributed by atoms with Crippen molar-refractivity contribution in [2.45, 2.75) is 31.8 Å². The third kappa shape index (κ3) is 2.54. The second kappa shape index (κ2) is 5.03. The van der Waals surface area contributed by atoms with E-state index in [4.69, 9.17) is 11.6 Å². The largest absolute Gasteiger partial charge is 0.365 e. The van der Waals surface area contributed by atoms with Crippen molar-refractivity contribution in [1.82, 2.24) is 5.32 Å². The summed E-state index contributed by atoms with van der Waals surface area (Å²) < 4.78 is 1.09. The molecule has 18 heavy (non-hydrogen) atoms. The predicted molar refractivity (Wildman–Crippen MR) is 80.5 cm³/mol. The highest BCUT2D eigenvalue weighted by molar-refractivity contribution is 9.10. The molecule has 1 N–H and O–H groups in total. The van der Waals surface area contributed by atoms with E-state index < -0.39 is 0 Å². The number of piperazine rings is 1. The monoisotopic (exact) mass is 328 g/mol. The van der Waals surface area contributed by atoms with Gasteiger partial charge in [0, 0.05) is 29.6 Å². The smallest absolute Gasteiger partial charge is 0.0640 e. The molecule has 1 aliphatic carbocycles. The number of hydrogen-bond donors (Lipinski definition) is 1. The fourth-order valence-corrected chi connectivity index (χ4v) is 3.32. The zero-order valence-corrected chi connectivity index (χ0v) is 12.8. The van der Waals surface area contributed by atoms with Crippen molar-refractivity contribution in [2.24, 2.45) is 5.92 Å². The molecule has 2 unspecified atom stereocenters. The number of rotatable bonds is 2. The third-order valence-electron chi connectivity index (χ3n) is 4.01. The first kappa shape index (κ1) is 12.8. The number of hydrogen-bond acceptors (Lipinski definition) is 2. The van der Waals surface area contributed by atoms with Crippen LogP contribution in [-0.4, -0.2) is 25.2 Å². The lowest BCUT2D eigenvalue weighted by Crippen LogP contribution is -2.56. The van der Waals surface area contributed by atoms with Gasteiger partial charge in [0.15, 0.2) is 0 Å². The van der Waals surface area contributed by atoms with Gasteiger partial charge in [0.1, 0.15) is 0 Å². The molecule has 1 aromatic rings. The fourth-order valence-electron chi connectivity index (χ4n) is 2.74. The summed E-state index contributed by atoms with van der Waals surface area (Å²) in [5.74, 6) is 0.880. The van der Waals surface area contributed by atoms with Crippen molar-refractivity contribution in [1.29, 1.82) is 0 Å². The Bertz CT molecular complexity index is 447. The minimum atomic E-state index is 0.492. The molecule has 2 aliphatic rings. The maximum Gasteiger partial charge on any atom is 0.0640 e. The molecule has 2 nitrogen and oxygen atoms in total. The molecule has 3 rings (SSSR count). The van der Waals surface area contributed by atoms with Crippen LogP contribution in [0, 0.1) is 5.92 Å². The molecule has 1 aliphatic heterocycles. The lowest BCUT2D eigenvalue weighted by molar-refractivity contribution is 0.376. The van der Waals surface area contributed by atoms with E-state index in [0.717, 1.165) is 34.2 Å². The Morgan fingerprint density at radius 1 is 1.39 bits per heavy atom. The van der Waals surface area contributed by atoms with Crippen molar-refractivity contribution in [3.05, 3.63) is 27.7 Å². The first-order chi connectivity index (χ1) is 8.65. The molecule has 1 heterocycles. The summed E-state index contributed by atoms with van der Waals surface area (Å²) in [4.78, 5) is 2.45. The molecule has 1 aromatic carbocycles. The van der Waals surface area contributed by atoms with Crippen LogP contribution >= 0.6 is 27.5 Å². The summed E-state index contributed by atoms with van der Waals surface area (Å²) in [6.45, 7) is 4.37. The average Bonchev–Trinajstić information content (AvgIpc) is 3.17. The number of anilines is 1. The van der Waals surface area contributed by atoms with Crippen LogP contribution in [0.2, 0.25) is 5.02 Å². The minimum absolute atomic E-state index is 0.492. The molecule has 1 saturated heterocycles. The van der Waals surface area contributed by atoms with Gasteiger partial charge in [-0.2, -0.15) is 0 Å². The zero-order valence-electron chi connectivity index (χ0n) is 10.5. The SMILES string of the molecule is CC1CNC(C2CC2)CN1c1cc(Br)ccc1Cl. The topological polar surface area (TPSA) is 15.3 Å². The van der Waals surface area contributed by atoms with Crippen LogP contribution in [0.25, 0.3) is 0 Å². The van der Waals surface area contributed by atoms with Crippen LogP contribution in [0.4, 0.5) is 5.69 Å². The molecule has 2 atom stereocenters. The standard InChI is InChI=1S/C14H18BrClN2/c1-9-7-17-13(10-2-3-10)8-18(9)14-6-11(15)4-5-12(14)16/h4-6,9-10,13,17H,2-3,7-8H2,1H3. The predicted octanol–water partition coefficient (Wildman–Crippen LogP) is 3.68. The van der Waals surface area contributed by atoms with Crippen LogP contribution in [0.15, 0.2) is 22.7 Å². The Labute approximate surface area is 122 Å². The van der Waals surface area contributed by atoms with Gasteiger partial charge in [-0.05, 0) is 43.9 Å². The fraction of sp³-hybridized carbons (Fsp3) is 0.571. The van der Waals surface area contributed by atoms with E-state index in [1.54, 1.807) is 0 Å². The summed E-state index contributed by atoms with van der Waals surface area (Å²) in [5, 5.41) is 4.52.